The predicted molar refractivity (Wildman–Crippen MR) is 94.8 cm³/mol. The Balaban J connectivity index is 1.46. The van der Waals surface area contributed by atoms with Crippen molar-refractivity contribution in [3.63, 3.8) is 0 Å². The first-order valence-electron chi connectivity index (χ1n) is 9.54. The number of hydrogen-bond acceptors (Lipinski definition) is 7. The fourth-order valence-corrected chi connectivity index (χ4v) is 3.35. The van der Waals surface area contributed by atoms with Gasteiger partial charge < -0.3 is 23.6 Å². The second kappa shape index (κ2) is 8.70. The smallest absolute Gasteiger partial charge is 0.376 e. The van der Waals surface area contributed by atoms with E-state index in [-0.39, 0.29) is 24.4 Å². The third kappa shape index (κ3) is 4.79. The third-order valence-corrected chi connectivity index (χ3v) is 4.84. The topological polar surface area (TPSA) is 86.9 Å². The van der Waals surface area contributed by atoms with Gasteiger partial charge in [-0.05, 0) is 18.4 Å². The van der Waals surface area contributed by atoms with E-state index in [1.165, 1.54) is 0 Å². The van der Waals surface area contributed by atoms with Crippen LogP contribution in [-0.4, -0.2) is 59.7 Å². The quantitative estimate of drug-likeness (QED) is 0.701. The summed E-state index contributed by atoms with van der Waals surface area (Å²) in [7, 11) is 0. The fourth-order valence-electron chi connectivity index (χ4n) is 3.35. The molecule has 1 amide bonds. The zero-order chi connectivity index (χ0) is 21.1. The summed E-state index contributed by atoms with van der Waals surface area (Å²) in [5.74, 6) is -1.83. The SMILES string of the molecule is O=C(C1OCCO1)N(Cc1ccc(-c2noc(C(F)(F)F)n2)cc1)CC1CCCO1. The highest BCUT2D eigenvalue weighted by molar-refractivity contribution is 5.80. The van der Waals surface area contributed by atoms with E-state index in [0.717, 1.165) is 18.4 Å². The summed E-state index contributed by atoms with van der Waals surface area (Å²) in [4.78, 5) is 17.8. The van der Waals surface area contributed by atoms with Crippen molar-refractivity contribution in [1.29, 1.82) is 0 Å². The van der Waals surface area contributed by atoms with Gasteiger partial charge in [-0.2, -0.15) is 18.2 Å². The number of aromatic nitrogens is 2. The van der Waals surface area contributed by atoms with Crippen molar-refractivity contribution in [3.8, 4) is 11.4 Å². The minimum Gasteiger partial charge on any atom is -0.376 e. The first-order chi connectivity index (χ1) is 14.4. The normalized spacial score (nSPS) is 20.0. The summed E-state index contributed by atoms with van der Waals surface area (Å²) >= 11 is 0. The third-order valence-electron chi connectivity index (χ3n) is 4.84. The Hall–Kier alpha value is -2.50. The van der Waals surface area contributed by atoms with E-state index in [9.17, 15) is 18.0 Å². The van der Waals surface area contributed by atoms with Crippen LogP contribution in [0.3, 0.4) is 0 Å². The van der Waals surface area contributed by atoms with E-state index in [4.69, 9.17) is 14.2 Å². The van der Waals surface area contributed by atoms with Gasteiger partial charge in [-0.3, -0.25) is 4.79 Å². The van der Waals surface area contributed by atoms with Gasteiger partial charge in [-0.25, -0.2) is 0 Å². The van der Waals surface area contributed by atoms with Gasteiger partial charge in [0, 0.05) is 25.3 Å². The minimum absolute atomic E-state index is 0.0465. The molecule has 2 aliphatic rings. The largest absolute Gasteiger partial charge is 0.471 e. The second-order valence-electron chi connectivity index (χ2n) is 7.05. The van der Waals surface area contributed by atoms with Gasteiger partial charge in [0.1, 0.15) is 0 Å². The fraction of sp³-hybridized carbons (Fsp3) is 0.526. The number of rotatable bonds is 6. The molecule has 162 valence electrons. The molecular formula is C19H20F3N3O5. The van der Waals surface area contributed by atoms with Gasteiger partial charge in [0.05, 0.1) is 19.3 Å². The van der Waals surface area contributed by atoms with Gasteiger partial charge in [0.2, 0.25) is 12.1 Å². The summed E-state index contributed by atoms with van der Waals surface area (Å²) in [6.07, 6.45) is -3.85. The molecule has 0 bridgehead atoms. The van der Waals surface area contributed by atoms with Crippen LogP contribution in [0.1, 0.15) is 24.3 Å². The Labute approximate surface area is 169 Å². The molecule has 0 aliphatic carbocycles. The van der Waals surface area contributed by atoms with Crippen molar-refractivity contribution >= 4 is 5.91 Å². The Morgan fingerprint density at radius 3 is 2.43 bits per heavy atom. The summed E-state index contributed by atoms with van der Waals surface area (Å²) < 4.78 is 58.5. The van der Waals surface area contributed by atoms with Crippen molar-refractivity contribution in [2.24, 2.45) is 0 Å². The average molecular weight is 427 g/mol. The number of halogens is 3. The first-order valence-corrected chi connectivity index (χ1v) is 9.54. The van der Waals surface area contributed by atoms with Crippen LogP contribution in [0.2, 0.25) is 0 Å². The standard InChI is InChI=1S/C19H20F3N3O5/c20-19(21,22)18-23-15(24-30-18)13-5-3-12(4-6-13)10-25(11-14-2-1-7-27-14)16(26)17-28-8-9-29-17/h3-6,14,17H,1-2,7-11H2. The molecule has 30 heavy (non-hydrogen) atoms. The van der Waals surface area contributed by atoms with Gasteiger partial charge >= 0.3 is 12.1 Å². The van der Waals surface area contributed by atoms with E-state index in [1.54, 1.807) is 29.2 Å². The predicted octanol–water partition coefficient (Wildman–Crippen LogP) is 2.64. The highest BCUT2D eigenvalue weighted by atomic mass is 19.4. The summed E-state index contributed by atoms with van der Waals surface area (Å²) in [6, 6.07) is 6.56. The van der Waals surface area contributed by atoms with E-state index < -0.39 is 18.4 Å². The number of carbonyl (C=O) groups excluding carboxylic acids is 1. The van der Waals surface area contributed by atoms with E-state index in [0.29, 0.717) is 31.9 Å². The molecule has 2 fully saturated rings. The van der Waals surface area contributed by atoms with Crippen molar-refractivity contribution in [3.05, 3.63) is 35.7 Å². The lowest BCUT2D eigenvalue weighted by molar-refractivity contribution is -0.160. The van der Waals surface area contributed by atoms with E-state index in [2.05, 4.69) is 14.7 Å². The molecule has 11 heteroatoms. The van der Waals surface area contributed by atoms with Crippen molar-refractivity contribution in [2.45, 2.75) is 38.0 Å². The van der Waals surface area contributed by atoms with Crippen molar-refractivity contribution < 1.29 is 36.7 Å². The van der Waals surface area contributed by atoms with Crippen LogP contribution in [0.25, 0.3) is 11.4 Å². The molecule has 2 aromatic rings. The Kier molecular flexibility index (Phi) is 6.02. The molecular weight excluding hydrogens is 407 g/mol. The molecule has 2 saturated heterocycles. The molecule has 0 radical (unpaired) electrons. The first kappa shape index (κ1) is 20.8. The van der Waals surface area contributed by atoms with Gasteiger partial charge in [-0.15, -0.1) is 0 Å². The van der Waals surface area contributed by atoms with Gasteiger partial charge in [0.25, 0.3) is 5.91 Å². The number of benzene rings is 1. The number of ether oxygens (including phenoxy) is 3. The lowest BCUT2D eigenvalue weighted by Crippen LogP contribution is -2.43. The molecule has 2 aliphatic heterocycles. The second-order valence-corrected chi connectivity index (χ2v) is 7.05. The van der Waals surface area contributed by atoms with E-state index >= 15 is 0 Å². The molecule has 1 aromatic heterocycles. The van der Waals surface area contributed by atoms with Crippen LogP contribution in [0.4, 0.5) is 13.2 Å². The number of carbonyl (C=O) groups is 1. The van der Waals surface area contributed by atoms with Crippen LogP contribution in [0, 0.1) is 0 Å². The van der Waals surface area contributed by atoms with Gasteiger partial charge in [0.15, 0.2) is 0 Å². The minimum atomic E-state index is -4.70. The lowest BCUT2D eigenvalue weighted by atomic mass is 10.1. The molecule has 1 unspecified atom stereocenters. The number of alkyl halides is 3. The number of hydrogen-bond donors (Lipinski definition) is 0. The number of nitrogens with zero attached hydrogens (tertiary/aromatic N) is 3. The maximum absolute atomic E-state index is 12.8. The molecule has 1 aromatic carbocycles. The molecule has 0 saturated carbocycles. The van der Waals surface area contributed by atoms with Crippen molar-refractivity contribution in [1.82, 2.24) is 15.0 Å². The summed E-state index contributed by atoms with van der Waals surface area (Å²) in [5.41, 5.74) is 1.15. The lowest BCUT2D eigenvalue weighted by Gasteiger charge is -2.27. The van der Waals surface area contributed by atoms with Gasteiger partial charge in [-0.1, -0.05) is 29.4 Å². The monoisotopic (exact) mass is 427 g/mol. The van der Waals surface area contributed by atoms with Crippen LogP contribution < -0.4 is 0 Å². The Morgan fingerprint density at radius 1 is 1.10 bits per heavy atom. The van der Waals surface area contributed by atoms with E-state index in [1.807, 2.05) is 0 Å². The van der Waals surface area contributed by atoms with Crippen LogP contribution in [0.15, 0.2) is 28.8 Å². The molecule has 8 nitrogen and oxygen atoms in total. The molecule has 0 N–H and O–H groups in total. The molecule has 3 heterocycles. The maximum Gasteiger partial charge on any atom is 0.471 e. The van der Waals surface area contributed by atoms with Crippen LogP contribution >= 0.6 is 0 Å². The summed E-state index contributed by atoms with van der Waals surface area (Å²) in [6.45, 7) is 2.08. The molecule has 0 spiro atoms. The molecule has 4 rings (SSSR count). The maximum atomic E-state index is 12.8. The van der Waals surface area contributed by atoms with Crippen molar-refractivity contribution in [2.75, 3.05) is 26.4 Å². The number of amides is 1. The Morgan fingerprint density at radius 2 is 1.83 bits per heavy atom. The molecule has 1 atom stereocenters. The van der Waals surface area contributed by atoms with Crippen LogP contribution in [-0.2, 0) is 31.7 Å². The summed E-state index contributed by atoms with van der Waals surface area (Å²) in [5, 5.41) is 3.37. The Bertz CT molecular complexity index is 859. The zero-order valence-electron chi connectivity index (χ0n) is 15.9. The highest BCUT2D eigenvalue weighted by Crippen LogP contribution is 2.29. The zero-order valence-corrected chi connectivity index (χ0v) is 15.9. The highest BCUT2D eigenvalue weighted by Gasteiger charge is 2.38. The van der Waals surface area contributed by atoms with Crippen LogP contribution in [0.5, 0.6) is 0 Å². The average Bonchev–Trinajstić information content (AvgIpc) is 3.49.